The largest absolute Gasteiger partial charge is 0.292 e. The van der Waals surface area contributed by atoms with Gasteiger partial charge < -0.3 is 0 Å². The van der Waals surface area contributed by atoms with E-state index >= 15 is 0 Å². The van der Waals surface area contributed by atoms with E-state index in [4.69, 9.17) is 0 Å². The Balaban J connectivity index is 1.67. The van der Waals surface area contributed by atoms with Crippen molar-refractivity contribution in [3.63, 3.8) is 0 Å². The summed E-state index contributed by atoms with van der Waals surface area (Å²) >= 11 is 1.90. The molecule has 1 aliphatic rings. The quantitative estimate of drug-likeness (QED) is 0.860. The summed E-state index contributed by atoms with van der Waals surface area (Å²) in [5, 5.41) is 0. The first kappa shape index (κ1) is 15.6. The third-order valence-electron chi connectivity index (χ3n) is 3.98. The second kappa shape index (κ2) is 7.33. The minimum absolute atomic E-state index is 0.512. The average Bonchev–Trinajstić information content (AvgIpc) is 3.09. The molecule has 2 N–H and O–H groups in total. The van der Waals surface area contributed by atoms with Crippen LogP contribution in [0.25, 0.3) is 0 Å². The molecule has 0 saturated carbocycles. The van der Waals surface area contributed by atoms with Gasteiger partial charge in [-0.15, -0.1) is 11.3 Å². The SMILES string of the molecule is Cc1ccc(CN(Cc2ccncc2)CC2CC(C)NN2)s1. The zero-order valence-corrected chi connectivity index (χ0v) is 14.1. The van der Waals surface area contributed by atoms with Crippen LogP contribution in [-0.4, -0.2) is 28.5 Å². The van der Waals surface area contributed by atoms with Crippen molar-refractivity contribution >= 4 is 11.3 Å². The van der Waals surface area contributed by atoms with E-state index < -0.39 is 0 Å². The molecule has 3 heterocycles. The van der Waals surface area contributed by atoms with E-state index in [0.717, 1.165) is 19.6 Å². The average molecular weight is 316 g/mol. The first-order chi connectivity index (χ1) is 10.7. The van der Waals surface area contributed by atoms with E-state index in [1.807, 2.05) is 23.7 Å². The number of aryl methyl sites for hydroxylation is 1. The molecule has 0 bridgehead atoms. The monoisotopic (exact) mass is 316 g/mol. The first-order valence-corrected chi connectivity index (χ1v) is 8.68. The lowest BCUT2D eigenvalue weighted by atomic mass is 10.1. The van der Waals surface area contributed by atoms with Crippen molar-refractivity contribution in [3.05, 3.63) is 52.0 Å². The molecule has 5 heteroatoms. The van der Waals surface area contributed by atoms with Crippen LogP contribution in [0, 0.1) is 6.92 Å². The minimum Gasteiger partial charge on any atom is -0.292 e. The lowest BCUT2D eigenvalue weighted by Gasteiger charge is -2.25. The summed E-state index contributed by atoms with van der Waals surface area (Å²) in [6.07, 6.45) is 4.93. The van der Waals surface area contributed by atoms with Crippen LogP contribution in [0.4, 0.5) is 0 Å². The third-order valence-corrected chi connectivity index (χ3v) is 4.97. The molecule has 2 unspecified atom stereocenters. The van der Waals surface area contributed by atoms with Crippen LogP contribution in [0.5, 0.6) is 0 Å². The number of pyridine rings is 1. The molecule has 2 aromatic rings. The number of hydrogen-bond acceptors (Lipinski definition) is 5. The molecule has 0 spiro atoms. The number of hydrogen-bond donors (Lipinski definition) is 2. The van der Waals surface area contributed by atoms with Gasteiger partial charge in [0.2, 0.25) is 0 Å². The molecule has 2 aromatic heterocycles. The van der Waals surface area contributed by atoms with E-state index in [0.29, 0.717) is 12.1 Å². The van der Waals surface area contributed by atoms with Gasteiger partial charge in [-0.25, -0.2) is 0 Å². The van der Waals surface area contributed by atoms with Crippen molar-refractivity contribution in [2.75, 3.05) is 6.54 Å². The summed E-state index contributed by atoms with van der Waals surface area (Å²) in [5.74, 6) is 0. The standard InChI is InChI=1S/C17H24N4S/c1-13-9-16(20-19-13)11-21(10-15-5-7-18-8-6-15)12-17-4-3-14(2)22-17/h3-8,13,16,19-20H,9-12H2,1-2H3. The Morgan fingerprint density at radius 2 is 2.00 bits per heavy atom. The van der Waals surface area contributed by atoms with E-state index in [1.54, 1.807) is 0 Å². The number of hydrazine groups is 1. The van der Waals surface area contributed by atoms with E-state index in [9.17, 15) is 0 Å². The molecule has 0 aromatic carbocycles. The molecule has 22 heavy (non-hydrogen) atoms. The fourth-order valence-electron chi connectivity index (χ4n) is 2.96. The maximum atomic E-state index is 4.11. The molecule has 1 saturated heterocycles. The van der Waals surface area contributed by atoms with Gasteiger partial charge in [-0.05, 0) is 50.1 Å². The van der Waals surface area contributed by atoms with Crippen molar-refractivity contribution in [1.82, 2.24) is 20.7 Å². The van der Waals surface area contributed by atoms with Crippen molar-refractivity contribution in [3.8, 4) is 0 Å². The van der Waals surface area contributed by atoms with Crippen molar-refractivity contribution < 1.29 is 0 Å². The Kier molecular flexibility index (Phi) is 5.20. The molecule has 118 valence electrons. The predicted molar refractivity (Wildman–Crippen MR) is 91.5 cm³/mol. The molecular formula is C17H24N4S. The normalized spacial score (nSPS) is 21.6. The summed E-state index contributed by atoms with van der Waals surface area (Å²) in [4.78, 5) is 9.46. The Morgan fingerprint density at radius 1 is 1.18 bits per heavy atom. The molecule has 1 fully saturated rings. The second-order valence-electron chi connectivity index (χ2n) is 6.16. The first-order valence-electron chi connectivity index (χ1n) is 7.86. The molecule has 3 rings (SSSR count). The summed E-state index contributed by atoms with van der Waals surface area (Å²) in [5.41, 5.74) is 8.06. The van der Waals surface area contributed by atoms with Crippen LogP contribution in [0.3, 0.4) is 0 Å². The molecule has 1 aliphatic heterocycles. The van der Waals surface area contributed by atoms with Gasteiger partial charge in [0.05, 0.1) is 0 Å². The number of thiophene rings is 1. The van der Waals surface area contributed by atoms with Gasteiger partial charge >= 0.3 is 0 Å². The molecular weight excluding hydrogens is 292 g/mol. The summed E-state index contributed by atoms with van der Waals surface area (Å²) in [6.45, 7) is 7.42. The van der Waals surface area contributed by atoms with Gasteiger partial charge in [0.25, 0.3) is 0 Å². The van der Waals surface area contributed by atoms with Crippen molar-refractivity contribution in [2.24, 2.45) is 0 Å². The Hall–Kier alpha value is -1.27. The van der Waals surface area contributed by atoms with Crippen LogP contribution >= 0.6 is 11.3 Å². The molecule has 2 atom stereocenters. The van der Waals surface area contributed by atoms with E-state index in [1.165, 1.54) is 21.7 Å². The molecule has 0 radical (unpaired) electrons. The van der Waals surface area contributed by atoms with Gasteiger partial charge in [0.15, 0.2) is 0 Å². The molecule has 4 nitrogen and oxygen atoms in total. The fraction of sp³-hybridized carbons (Fsp3) is 0.471. The number of nitrogens with zero attached hydrogens (tertiary/aromatic N) is 2. The van der Waals surface area contributed by atoms with E-state index in [2.05, 4.69) is 58.8 Å². The maximum absolute atomic E-state index is 4.11. The van der Waals surface area contributed by atoms with Gasteiger partial charge in [-0.3, -0.25) is 20.7 Å². The second-order valence-corrected chi connectivity index (χ2v) is 7.53. The van der Waals surface area contributed by atoms with Crippen molar-refractivity contribution in [1.29, 1.82) is 0 Å². The predicted octanol–water partition coefficient (Wildman–Crippen LogP) is 2.71. The van der Waals surface area contributed by atoms with Crippen molar-refractivity contribution in [2.45, 2.75) is 45.4 Å². The molecule has 0 aliphatic carbocycles. The van der Waals surface area contributed by atoms with Crippen LogP contribution in [0.15, 0.2) is 36.7 Å². The summed E-state index contributed by atoms with van der Waals surface area (Å²) in [7, 11) is 0. The zero-order valence-electron chi connectivity index (χ0n) is 13.2. The zero-order chi connectivity index (χ0) is 15.4. The summed E-state index contributed by atoms with van der Waals surface area (Å²) < 4.78 is 0. The number of rotatable bonds is 6. The highest BCUT2D eigenvalue weighted by Gasteiger charge is 2.22. The van der Waals surface area contributed by atoms with Gasteiger partial charge in [-0.1, -0.05) is 0 Å². The van der Waals surface area contributed by atoms with Gasteiger partial charge in [-0.2, -0.15) is 0 Å². The minimum atomic E-state index is 0.512. The van der Waals surface area contributed by atoms with Crippen LogP contribution < -0.4 is 10.9 Å². The maximum Gasteiger partial charge on any atom is 0.0355 e. The Labute approximate surface area is 136 Å². The van der Waals surface area contributed by atoms with Crippen LogP contribution in [0.1, 0.15) is 28.7 Å². The number of nitrogens with one attached hydrogen (secondary N) is 2. The molecule has 0 amide bonds. The van der Waals surface area contributed by atoms with E-state index in [-0.39, 0.29) is 0 Å². The van der Waals surface area contributed by atoms with Gasteiger partial charge in [0.1, 0.15) is 0 Å². The third kappa shape index (κ3) is 4.36. The highest BCUT2D eigenvalue weighted by Crippen LogP contribution is 2.19. The van der Waals surface area contributed by atoms with Crippen LogP contribution in [0.2, 0.25) is 0 Å². The number of aromatic nitrogens is 1. The summed E-state index contributed by atoms with van der Waals surface area (Å²) in [6, 6.07) is 9.74. The highest BCUT2D eigenvalue weighted by atomic mass is 32.1. The fourth-order valence-corrected chi connectivity index (χ4v) is 3.89. The topological polar surface area (TPSA) is 40.2 Å². The van der Waals surface area contributed by atoms with Crippen LogP contribution in [-0.2, 0) is 13.1 Å². The Morgan fingerprint density at radius 3 is 2.64 bits per heavy atom. The lowest BCUT2D eigenvalue weighted by Crippen LogP contribution is -2.40. The lowest BCUT2D eigenvalue weighted by molar-refractivity contribution is 0.232. The smallest absolute Gasteiger partial charge is 0.0355 e. The Bertz CT molecular complexity index is 583. The van der Waals surface area contributed by atoms with Gasteiger partial charge in [0, 0.05) is 53.9 Å². The highest BCUT2D eigenvalue weighted by molar-refractivity contribution is 7.11.